The number of nitrogens with zero attached hydrogens (tertiary/aromatic N) is 4. The maximum Gasteiger partial charge on any atom is 0.269 e. The zero-order valence-electron chi connectivity index (χ0n) is 15.9. The Hall–Kier alpha value is -4.13. The molecule has 1 aliphatic rings. The third kappa shape index (κ3) is 2.97. The first kappa shape index (κ1) is 17.9. The molecule has 0 fully saturated rings. The number of amides is 1. The fraction of sp³-hybridized carbons (Fsp3) is 0.0870. The predicted octanol–water partition coefficient (Wildman–Crippen LogP) is 4.41. The van der Waals surface area contributed by atoms with E-state index in [1.807, 2.05) is 42.5 Å². The lowest BCUT2D eigenvalue weighted by molar-refractivity contribution is -0.384. The molecule has 0 bridgehead atoms. The molecule has 2 aromatic carbocycles. The summed E-state index contributed by atoms with van der Waals surface area (Å²) in [7, 11) is 0. The molecule has 2 aromatic heterocycles. The van der Waals surface area contributed by atoms with Gasteiger partial charge in [-0.15, -0.1) is 0 Å². The first-order chi connectivity index (χ1) is 14.6. The zero-order chi connectivity index (χ0) is 20.7. The minimum Gasteiger partial charge on any atom is -0.308 e. The summed E-state index contributed by atoms with van der Waals surface area (Å²) in [6, 6.07) is 17.7. The van der Waals surface area contributed by atoms with Crippen LogP contribution in [-0.2, 0) is 6.42 Å². The van der Waals surface area contributed by atoms with Gasteiger partial charge in [-0.2, -0.15) is 0 Å². The molecule has 0 aliphatic carbocycles. The lowest BCUT2D eigenvalue weighted by Gasteiger charge is -2.19. The predicted molar refractivity (Wildman–Crippen MR) is 113 cm³/mol. The highest BCUT2D eigenvalue weighted by atomic mass is 16.6. The molecule has 1 amide bonds. The molecule has 0 saturated heterocycles. The Balaban J connectivity index is 1.62. The Labute approximate surface area is 171 Å². The first-order valence-electron chi connectivity index (χ1n) is 9.51. The van der Waals surface area contributed by atoms with Crippen LogP contribution in [0.4, 0.5) is 11.4 Å². The van der Waals surface area contributed by atoms with Gasteiger partial charge in [-0.25, -0.2) is 4.98 Å². The van der Waals surface area contributed by atoms with Gasteiger partial charge in [0.25, 0.3) is 11.6 Å². The molecular weight excluding hydrogens is 380 g/mol. The second-order valence-electron chi connectivity index (χ2n) is 7.09. The van der Waals surface area contributed by atoms with E-state index >= 15 is 0 Å². The van der Waals surface area contributed by atoms with Gasteiger partial charge in [0, 0.05) is 47.7 Å². The minimum absolute atomic E-state index is 0.0392. The average molecular weight is 396 g/mol. The summed E-state index contributed by atoms with van der Waals surface area (Å²) in [5.74, 6) is -0.142. The molecule has 0 spiro atoms. The zero-order valence-corrected chi connectivity index (χ0v) is 15.9. The van der Waals surface area contributed by atoms with Crippen molar-refractivity contribution in [2.45, 2.75) is 6.42 Å². The first-order valence-corrected chi connectivity index (χ1v) is 9.51. The third-order valence-electron chi connectivity index (χ3n) is 5.34. The summed E-state index contributed by atoms with van der Waals surface area (Å²) in [5.41, 5.74) is 4.43. The van der Waals surface area contributed by atoms with Crippen LogP contribution in [0.5, 0.6) is 0 Å². The van der Waals surface area contributed by atoms with E-state index in [2.05, 4.69) is 4.98 Å². The summed E-state index contributed by atoms with van der Waals surface area (Å²) in [5, 5.41) is 11.8. The summed E-state index contributed by atoms with van der Waals surface area (Å²) >= 11 is 0. The lowest BCUT2D eigenvalue weighted by atomic mass is 10.0. The van der Waals surface area contributed by atoms with E-state index in [-0.39, 0.29) is 11.6 Å². The Morgan fingerprint density at radius 1 is 1.03 bits per heavy atom. The number of pyridine rings is 2. The molecule has 0 radical (unpaired) electrons. The van der Waals surface area contributed by atoms with Crippen LogP contribution in [0.1, 0.15) is 15.9 Å². The quantitative estimate of drug-likeness (QED) is 0.378. The molecule has 1 aliphatic heterocycles. The number of hydrogen-bond donors (Lipinski definition) is 0. The van der Waals surface area contributed by atoms with E-state index in [4.69, 9.17) is 4.98 Å². The van der Waals surface area contributed by atoms with Crippen molar-refractivity contribution >= 4 is 28.2 Å². The highest BCUT2D eigenvalue weighted by Crippen LogP contribution is 2.34. The summed E-state index contributed by atoms with van der Waals surface area (Å²) in [4.78, 5) is 34.7. The number of anilines is 1. The number of fused-ring (bicyclic) bond motifs is 2. The number of benzene rings is 2. The van der Waals surface area contributed by atoms with Gasteiger partial charge in [0.1, 0.15) is 0 Å². The Morgan fingerprint density at radius 3 is 2.63 bits per heavy atom. The molecule has 4 aromatic rings. The van der Waals surface area contributed by atoms with Gasteiger partial charge < -0.3 is 4.90 Å². The second-order valence-corrected chi connectivity index (χ2v) is 7.09. The van der Waals surface area contributed by atoms with Crippen LogP contribution in [-0.4, -0.2) is 27.3 Å². The maximum absolute atomic E-state index is 13.6. The number of carbonyl (C=O) groups excluding carboxylic acids is 1. The molecule has 30 heavy (non-hydrogen) atoms. The fourth-order valence-corrected chi connectivity index (χ4v) is 3.88. The number of para-hydroxylation sites is 1. The molecule has 146 valence electrons. The second kappa shape index (κ2) is 7.04. The molecule has 0 N–H and O–H groups in total. The highest BCUT2D eigenvalue weighted by Gasteiger charge is 2.28. The van der Waals surface area contributed by atoms with Crippen LogP contribution in [0.2, 0.25) is 0 Å². The summed E-state index contributed by atoms with van der Waals surface area (Å²) in [6.45, 7) is 0.483. The Bertz CT molecular complexity index is 1300. The van der Waals surface area contributed by atoms with E-state index in [0.717, 1.165) is 27.7 Å². The van der Waals surface area contributed by atoms with Crippen LogP contribution in [0.15, 0.2) is 73.1 Å². The van der Waals surface area contributed by atoms with Crippen LogP contribution in [0.3, 0.4) is 0 Å². The van der Waals surface area contributed by atoms with Gasteiger partial charge in [0.05, 0.1) is 21.7 Å². The smallest absolute Gasteiger partial charge is 0.269 e. The van der Waals surface area contributed by atoms with Gasteiger partial charge in [-0.3, -0.25) is 19.9 Å². The van der Waals surface area contributed by atoms with Gasteiger partial charge >= 0.3 is 0 Å². The van der Waals surface area contributed by atoms with Crippen molar-refractivity contribution in [2.24, 2.45) is 0 Å². The normalized spacial score (nSPS) is 12.7. The molecule has 5 rings (SSSR count). The number of nitro groups is 1. The van der Waals surface area contributed by atoms with Gasteiger partial charge in [0.15, 0.2) is 0 Å². The molecule has 0 saturated carbocycles. The SMILES string of the molecule is O=C(c1cc(-c2ccncc2)nc2ccccc12)N1CCc2cc([N+](=O)[O-])ccc21. The standard InChI is InChI=1S/C23H16N4O3/c28-23(26-12-9-16-13-17(27(29)30)5-6-22(16)26)19-14-21(15-7-10-24-11-8-15)25-20-4-2-1-3-18(19)20/h1-8,10-11,13-14H,9,12H2. The molecule has 0 unspecified atom stereocenters. The monoisotopic (exact) mass is 396 g/mol. The maximum atomic E-state index is 13.6. The third-order valence-corrected chi connectivity index (χ3v) is 5.34. The van der Waals surface area contributed by atoms with Crippen LogP contribution in [0, 0.1) is 10.1 Å². The molecular formula is C23H16N4O3. The van der Waals surface area contributed by atoms with Crippen molar-refractivity contribution in [1.82, 2.24) is 9.97 Å². The minimum atomic E-state index is -0.415. The van der Waals surface area contributed by atoms with Crippen molar-refractivity contribution in [3.05, 3.63) is 94.3 Å². The van der Waals surface area contributed by atoms with E-state index in [1.54, 1.807) is 29.4 Å². The number of nitro benzene ring substituents is 1. The van der Waals surface area contributed by atoms with Crippen LogP contribution < -0.4 is 4.90 Å². The summed E-state index contributed by atoms with van der Waals surface area (Å²) < 4.78 is 0. The lowest BCUT2D eigenvalue weighted by Crippen LogP contribution is -2.29. The number of aromatic nitrogens is 2. The fourth-order valence-electron chi connectivity index (χ4n) is 3.88. The number of non-ortho nitro benzene ring substituents is 1. The van der Waals surface area contributed by atoms with E-state index in [1.165, 1.54) is 6.07 Å². The Kier molecular flexibility index (Phi) is 4.21. The van der Waals surface area contributed by atoms with Crippen molar-refractivity contribution in [1.29, 1.82) is 0 Å². The number of rotatable bonds is 3. The van der Waals surface area contributed by atoms with E-state index in [9.17, 15) is 14.9 Å². The van der Waals surface area contributed by atoms with Crippen LogP contribution in [0.25, 0.3) is 22.2 Å². The van der Waals surface area contributed by atoms with Gasteiger partial charge in [-0.05, 0) is 42.3 Å². The average Bonchev–Trinajstić information content (AvgIpc) is 3.21. The summed E-state index contributed by atoms with van der Waals surface area (Å²) in [6.07, 6.45) is 3.97. The highest BCUT2D eigenvalue weighted by molar-refractivity contribution is 6.15. The van der Waals surface area contributed by atoms with Gasteiger partial charge in [0.2, 0.25) is 0 Å². The van der Waals surface area contributed by atoms with E-state index in [0.29, 0.717) is 24.2 Å². The van der Waals surface area contributed by atoms with Crippen molar-refractivity contribution < 1.29 is 9.72 Å². The Morgan fingerprint density at radius 2 is 1.83 bits per heavy atom. The molecule has 3 heterocycles. The van der Waals surface area contributed by atoms with Gasteiger partial charge in [-0.1, -0.05) is 18.2 Å². The molecule has 7 heteroatoms. The van der Waals surface area contributed by atoms with Crippen molar-refractivity contribution in [3.63, 3.8) is 0 Å². The van der Waals surface area contributed by atoms with E-state index < -0.39 is 4.92 Å². The molecule has 7 nitrogen and oxygen atoms in total. The largest absolute Gasteiger partial charge is 0.308 e. The topological polar surface area (TPSA) is 89.2 Å². The van der Waals surface area contributed by atoms with Crippen LogP contribution >= 0.6 is 0 Å². The number of hydrogen-bond acceptors (Lipinski definition) is 5. The number of carbonyl (C=O) groups is 1. The van der Waals surface area contributed by atoms with Crippen molar-refractivity contribution in [3.8, 4) is 11.3 Å². The van der Waals surface area contributed by atoms with Crippen molar-refractivity contribution in [2.75, 3.05) is 11.4 Å². The molecule has 0 atom stereocenters.